The largest absolute Gasteiger partial charge is 0.494 e. The van der Waals surface area contributed by atoms with E-state index in [4.69, 9.17) is 10.5 Å². The van der Waals surface area contributed by atoms with E-state index in [2.05, 4.69) is 31.6 Å². The number of H-pyrrole nitrogens is 1. The molecule has 1 aromatic heterocycles. The number of primary amides is 1. The minimum absolute atomic E-state index is 0.0690. The fourth-order valence-corrected chi connectivity index (χ4v) is 12.4. The number of nitrogens with one attached hydrogen (secondary N) is 6. The van der Waals surface area contributed by atoms with E-state index in [9.17, 15) is 68.1 Å². The lowest BCUT2D eigenvalue weighted by molar-refractivity contribution is -0.145. The predicted molar refractivity (Wildman–Crippen MR) is 286 cm³/mol. The van der Waals surface area contributed by atoms with Gasteiger partial charge in [-0.15, -0.1) is 0 Å². The van der Waals surface area contributed by atoms with Gasteiger partial charge in [0.25, 0.3) is 0 Å². The van der Waals surface area contributed by atoms with Gasteiger partial charge in [-0.05, 0) is 49.1 Å². The lowest BCUT2D eigenvalue weighted by Gasteiger charge is -2.32. The van der Waals surface area contributed by atoms with Crippen LogP contribution >= 0.6 is 11.8 Å². The van der Waals surface area contributed by atoms with Crippen LogP contribution in [0.1, 0.15) is 90.5 Å². The summed E-state index contributed by atoms with van der Waals surface area (Å²) < 4.78 is 21.2. The van der Waals surface area contributed by atoms with E-state index in [1.54, 1.807) is 38.3 Å². The van der Waals surface area contributed by atoms with Crippen molar-refractivity contribution in [2.75, 3.05) is 51.4 Å². The summed E-state index contributed by atoms with van der Waals surface area (Å²) in [5.41, 5.74) is 6.12. The van der Waals surface area contributed by atoms with Gasteiger partial charge < -0.3 is 62.3 Å². The number of imide groups is 1. The van der Waals surface area contributed by atoms with Crippen LogP contribution in [-0.4, -0.2) is 192 Å². The topological polar surface area (TPSA) is 383 Å². The van der Waals surface area contributed by atoms with Crippen LogP contribution in [0, 0.1) is 23.7 Å². The molecule has 6 rings (SSSR count). The number of carbonyl (C=O) groups excluding carboxylic acids is 11. The van der Waals surface area contributed by atoms with Gasteiger partial charge in [-0.2, -0.15) is 11.8 Å². The average Bonchev–Trinajstić information content (AvgIpc) is 4.15. The molecule has 3 unspecified atom stereocenters. The highest BCUT2D eigenvalue weighted by Crippen LogP contribution is 2.33. The Bertz CT molecular complexity index is 2690. The van der Waals surface area contributed by atoms with Crippen LogP contribution in [0.2, 0.25) is 0 Å². The van der Waals surface area contributed by atoms with E-state index in [0.29, 0.717) is 48.9 Å². The van der Waals surface area contributed by atoms with Gasteiger partial charge in [0.05, 0.1) is 83.8 Å². The highest BCUT2D eigenvalue weighted by atomic mass is 32.2. The van der Waals surface area contributed by atoms with Crippen molar-refractivity contribution in [1.29, 1.82) is 0 Å². The average molecular weight is 1140 g/mol. The van der Waals surface area contributed by atoms with Crippen LogP contribution in [0.25, 0.3) is 10.9 Å². The molecule has 0 saturated carbocycles. The summed E-state index contributed by atoms with van der Waals surface area (Å²) >= 11 is 1.35. The standard InChI is InChI=1S/C52H73N9O16S2/c1-5-26(2)45-49(73)55-21-42(68)56-35-25-79(76)50-33(32-11-10-31(19-34(32)57-50)77-13-9-7-6-8-12-60-44(70)20-40(78-4)52(60)75)14-28(47(71)54-22-43(69)58-45)15-38(65)46(27(3)39(66)24-62)59-48(72)36-18-30(63)23-61(36)51(74)29(16-37(35)64)17-41(53)67/h10-11,19,26-30,35-36,39-40,45-46,57,62-63,66H,5-9,12-18,20-25H2,1-4H3,(H2,53,67)(H,54,71)(H,55,73)(H,56,68)(H,58,69)(H,59,72)/t26-,27-,28?,29-,30+,35-,36-,39-,40?,45-,46-,79?/m0/s1. The highest BCUT2D eigenvalue weighted by Gasteiger charge is 2.45. The maximum absolute atomic E-state index is 15.1. The van der Waals surface area contributed by atoms with Crippen LogP contribution in [0.5, 0.6) is 5.75 Å². The van der Waals surface area contributed by atoms with Crippen molar-refractivity contribution in [3.05, 3.63) is 23.8 Å². The minimum atomic E-state index is -2.34. The summed E-state index contributed by atoms with van der Waals surface area (Å²) in [4.78, 5) is 157. The zero-order chi connectivity index (χ0) is 57.8. The Morgan fingerprint density at radius 3 is 2.23 bits per heavy atom. The third-order valence-corrected chi connectivity index (χ3v) is 17.5. The molecule has 79 heavy (non-hydrogen) atoms. The number of ether oxygens (including phenoxy) is 1. The van der Waals surface area contributed by atoms with Gasteiger partial charge in [-0.3, -0.25) is 61.8 Å². The number of ketones is 2. The summed E-state index contributed by atoms with van der Waals surface area (Å²) in [5.74, 6) is -13.7. The van der Waals surface area contributed by atoms with E-state index < -0.39 is 181 Å². The van der Waals surface area contributed by atoms with E-state index in [0.717, 1.165) is 11.3 Å². The molecular weight excluding hydrogens is 1070 g/mol. The van der Waals surface area contributed by atoms with Gasteiger partial charge in [0.1, 0.15) is 22.9 Å². The Morgan fingerprint density at radius 1 is 0.861 bits per heavy atom. The molecule has 12 atom stereocenters. The summed E-state index contributed by atoms with van der Waals surface area (Å²) in [7, 11) is -2.34. The predicted octanol–water partition coefficient (Wildman–Crippen LogP) is -2.01. The van der Waals surface area contributed by atoms with Gasteiger partial charge in [0.2, 0.25) is 53.2 Å². The molecule has 27 heteroatoms. The van der Waals surface area contributed by atoms with Crippen molar-refractivity contribution < 1.29 is 77.0 Å². The van der Waals surface area contributed by atoms with Gasteiger partial charge in [0, 0.05) is 68.5 Å². The number of aromatic amines is 1. The first-order valence-electron chi connectivity index (χ1n) is 26.6. The summed E-state index contributed by atoms with van der Waals surface area (Å²) in [6, 6.07) is -1.27. The molecular formula is C52H73N9O16S2. The first-order valence-corrected chi connectivity index (χ1v) is 29.2. The number of rotatable bonds is 16. The fourth-order valence-electron chi connectivity index (χ4n) is 10.3. The molecule has 4 aliphatic heterocycles. The number of fused-ring (bicyclic) bond motifs is 5. The number of hydrogen-bond acceptors (Lipinski definition) is 17. The number of benzene rings is 1. The van der Waals surface area contributed by atoms with E-state index in [-0.39, 0.29) is 47.1 Å². The molecule has 2 saturated heterocycles. The molecule has 9 amide bonds. The van der Waals surface area contributed by atoms with Crippen molar-refractivity contribution in [1.82, 2.24) is 41.4 Å². The molecule has 2 bridgehead atoms. The number of aliphatic hydroxyl groups excluding tert-OH is 3. The smallest absolute Gasteiger partial charge is 0.243 e. The molecule has 25 nitrogen and oxygen atoms in total. The number of aromatic nitrogens is 1. The van der Waals surface area contributed by atoms with Crippen molar-refractivity contribution in [2.45, 2.75) is 138 Å². The SMILES string of the molecule is CC[C@H](C)[C@@H]1NC(=O)CNC(=O)C2CC(=O)[C@H]([C@@H](C)[C@@H](O)CO)NC(=O)[C@@H]3C[C@@H](O)CN3C(=O)[C@H](CC(N)=O)CC(=O)[C@H](CS(=O)c3[nH]c4cc(OCCCCCCN5C(=O)CC(SC)C5=O)ccc4c3C2)NC(=O)CNC1=O. The second kappa shape index (κ2) is 28.2. The molecule has 5 heterocycles. The van der Waals surface area contributed by atoms with Crippen molar-refractivity contribution >= 4 is 98.2 Å². The molecule has 4 aliphatic rings. The molecule has 11 N–H and O–H groups in total. The van der Waals surface area contributed by atoms with Crippen LogP contribution in [-0.2, 0) is 70.0 Å². The van der Waals surface area contributed by atoms with Gasteiger partial charge >= 0.3 is 0 Å². The molecule has 2 fully saturated rings. The lowest BCUT2D eigenvalue weighted by atomic mass is 9.85. The Balaban J connectivity index is 1.42. The molecule has 0 spiro atoms. The molecule has 434 valence electrons. The number of Topliss-reactive ketones (excluding diaryl/α,β-unsaturated/α-hetero) is 2. The third kappa shape index (κ3) is 15.8. The number of nitrogens with two attached hydrogens (primary N) is 1. The fraction of sp³-hybridized carbons (Fsp3) is 0.635. The first kappa shape index (κ1) is 61.9. The maximum atomic E-state index is 15.1. The number of carbonyl (C=O) groups is 11. The quantitative estimate of drug-likeness (QED) is 0.0641. The number of unbranched alkanes of at least 4 members (excludes halogenated alkanes) is 3. The number of nitrogens with zero attached hydrogens (tertiary/aromatic N) is 2. The van der Waals surface area contributed by atoms with Gasteiger partial charge in [-0.1, -0.05) is 40.0 Å². The molecule has 0 aliphatic carbocycles. The van der Waals surface area contributed by atoms with E-state index in [1.807, 2.05) is 0 Å². The highest BCUT2D eigenvalue weighted by molar-refractivity contribution is 8.00. The van der Waals surface area contributed by atoms with Crippen LogP contribution in [0.3, 0.4) is 0 Å². The van der Waals surface area contributed by atoms with Crippen molar-refractivity contribution in [3.63, 3.8) is 0 Å². The minimum Gasteiger partial charge on any atom is -0.494 e. The Labute approximate surface area is 463 Å². The molecule has 1 aromatic carbocycles. The monoisotopic (exact) mass is 1140 g/mol. The van der Waals surface area contributed by atoms with E-state index >= 15 is 4.21 Å². The van der Waals surface area contributed by atoms with Crippen LogP contribution in [0.15, 0.2) is 23.2 Å². The van der Waals surface area contributed by atoms with Crippen molar-refractivity contribution in [2.24, 2.45) is 29.4 Å². The Morgan fingerprint density at radius 2 is 1.56 bits per heavy atom. The van der Waals surface area contributed by atoms with Gasteiger partial charge in [0.15, 0.2) is 11.6 Å². The first-order chi connectivity index (χ1) is 37.5. The summed E-state index contributed by atoms with van der Waals surface area (Å²) in [6.07, 6.45) is -0.977. The third-order valence-electron chi connectivity index (χ3n) is 15.1. The summed E-state index contributed by atoms with van der Waals surface area (Å²) in [6.45, 7) is 2.58. The number of hydrogen-bond donors (Lipinski definition) is 10. The van der Waals surface area contributed by atoms with E-state index in [1.165, 1.54) is 23.6 Å². The Kier molecular flexibility index (Phi) is 22.1. The summed E-state index contributed by atoms with van der Waals surface area (Å²) in [5, 5.41) is 44.4. The second-order valence-electron chi connectivity index (χ2n) is 20.8. The van der Waals surface area contributed by atoms with Crippen LogP contribution < -0.4 is 37.1 Å². The Hall–Kier alpha value is -6.29. The second-order valence-corrected chi connectivity index (χ2v) is 23.3. The molecule has 0 radical (unpaired) electrons. The number of thioether (sulfide) groups is 1. The zero-order valence-corrected chi connectivity index (χ0v) is 46.4. The number of likely N-dealkylation sites (tertiary alicyclic amines) is 1. The van der Waals surface area contributed by atoms with Gasteiger partial charge in [-0.25, -0.2) is 0 Å². The maximum Gasteiger partial charge on any atom is 0.243 e. The lowest BCUT2D eigenvalue weighted by Crippen LogP contribution is -2.56. The number of aliphatic hydroxyl groups is 3. The zero-order valence-electron chi connectivity index (χ0n) is 44.7. The van der Waals surface area contributed by atoms with Crippen LogP contribution in [0.4, 0.5) is 0 Å². The molecule has 2 aromatic rings. The van der Waals surface area contributed by atoms with Crippen molar-refractivity contribution in [3.8, 4) is 5.75 Å². The number of amides is 9. The normalized spacial score (nSPS) is 27.6.